The molecule has 5 rings (SSSR count). The highest BCUT2D eigenvalue weighted by atomic mass is 35.5. The summed E-state index contributed by atoms with van der Waals surface area (Å²) in [5.74, 6) is 1.53. The fourth-order valence-corrected chi connectivity index (χ4v) is 4.99. The molecule has 0 bridgehead atoms. The first kappa shape index (κ1) is 19.8. The van der Waals surface area contributed by atoms with Crippen LogP contribution in [-0.4, -0.2) is 41.1 Å². The van der Waals surface area contributed by atoms with E-state index in [2.05, 4.69) is 39.3 Å². The van der Waals surface area contributed by atoms with E-state index in [4.69, 9.17) is 27.9 Å². The lowest BCUT2D eigenvalue weighted by molar-refractivity contribution is 0.193. The van der Waals surface area contributed by atoms with Crippen molar-refractivity contribution in [3.8, 4) is 5.75 Å². The van der Waals surface area contributed by atoms with Crippen molar-refractivity contribution in [3.05, 3.63) is 64.4 Å². The maximum absolute atomic E-state index is 6.36. The second-order valence-electron chi connectivity index (χ2n) is 8.04. The van der Waals surface area contributed by atoms with Gasteiger partial charge in [-0.3, -0.25) is 0 Å². The molecule has 1 aliphatic heterocycles. The molecule has 0 saturated carbocycles. The van der Waals surface area contributed by atoms with Crippen LogP contribution < -0.4 is 4.74 Å². The van der Waals surface area contributed by atoms with Crippen molar-refractivity contribution in [1.29, 1.82) is 0 Å². The Bertz CT molecular complexity index is 1160. The lowest BCUT2D eigenvalue weighted by atomic mass is 9.89. The molecule has 1 aliphatic rings. The highest BCUT2D eigenvalue weighted by Crippen LogP contribution is 2.37. The average Bonchev–Trinajstić information content (AvgIpc) is 3.42. The van der Waals surface area contributed by atoms with Crippen LogP contribution in [0.3, 0.4) is 0 Å². The first-order chi connectivity index (χ1) is 14.7. The number of rotatable bonds is 6. The van der Waals surface area contributed by atoms with Gasteiger partial charge in [0, 0.05) is 35.2 Å². The predicted octanol–water partition coefficient (Wildman–Crippen LogP) is 6.60. The van der Waals surface area contributed by atoms with Gasteiger partial charge in [0.2, 0.25) is 0 Å². The van der Waals surface area contributed by atoms with Crippen molar-refractivity contribution in [2.45, 2.75) is 25.2 Å². The summed E-state index contributed by atoms with van der Waals surface area (Å²) >= 11 is 12.5. The van der Waals surface area contributed by atoms with Gasteiger partial charge in [-0.05, 0) is 68.1 Å². The van der Waals surface area contributed by atoms with Gasteiger partial charge in [0.1, 0.15) is 5.75 Å². The summed E-state index contributed by atoms with van der Waals surface area (Å²) in [7, 11) is 0. The molecule has 4 nitrogen and oxygen atoms in total. The van der Waals surface area contributed by atoms with Crippen LogP contribution in [0.4, 0.5) is 0 Å². The molecule has 0 unspecified atom stereocenters. The average molecular weight is 442 g/mol. The van der Waals surface area contributed by atoms with E-state index in [0.29, 0.717) is 16.0 Å². The molecule has 156 valence electrons. The molecule has 2 N–H and O–H groups in total. The summed E-state index contributed by atoms with van der Waals surface area (Å²) in [6.07, 6.45) is 7.43. The third-order valence-electron chi connectivity index (χ3n) is 6.24. The van der Waals surface area contributed by atoms with E-state index in [0.717, 1.165) is 67.7 Å². The number of benzene rings is 2. The Labute approximate surface area is 186 Å². The van der Waals surface area contributed by atoms with E-state index in [9.17, 15) is 0 Å². The van der Waals surface area contributed by atoms with Gasteiger partial charge in [-0.25, -0.2) is 0 Å². The van der Waals surface area contributed by atoms with Gasteiger partial charge in [0.15, 0.2) is 0 Å². The number of fused-ring (bicyclic) bond motifs is 2. The first-order valence-electron chi connectivity index (χ1n) is 10.6. The predicted molar refractivity (Wildman–Crippen MR) is 125 cm³/mol. The zero-order valence-corrected chi connectivity index (χ0v) is 18.3. The number of nitrogens with zero attached hydrogens (tertiary/aromatic N) is 1. The van der Waals surface area contributed by atoms with Gasteiger partial charge in [-0.15, -0.1) is 0 Å². The van der Waals surface area contributed by atoms with Crippen molar-refractivity contribution in [2.24, 2.45) is 0 Å². The van der Waals surface area contributed by atoms with Gasteiger partial charge < -0.3 is 19.6 Å². The van der Waals surface area contributed by atoms with Crippen LogP contribution in [0.25, 0.3) is 21.8 Å². The smallest absolute Gasteiger partial charge is 0.128 e. The molecule has 30 heavy (non-hydrogen) atoms. The number of hydrogen-bond acceptors (Lipinski definition) is 2. The Hall–Kier alpha value is -2.14. The van der Waals surface area contributed by atoms with E-state index < -0.39 is 0 Å². The van der Waals surface area contributed by atoms with Crippen LogP contribution in [0.5, 0.6) is 5.75 Å². The molecule has 0 aliphatic carbocycles. The van der Waals surface area contributed by atoms with Crippen molar-refractivity contribution in [1.82, 2.24) is 14.9 Å². The number of H-pyrrole nitrogens is 2. The number of ether oxygens (including phenoxy) is 1. The quantitative estimate of drug-likeness (QED) is 0.330. The van der Waals surface area contributed by atoms with Crippen molar-refractivity contribution >= 4 is 45.0 Å². The minimum atomic E-state index is 0.565. The largest absolute Gasteiger partial charge is 0.493 e. The van der Waals surface area contributed by atoms with Crippen LogP contribution in [-0.2, 0) is 0 Å². The zero-order valence-electron chi connectivity index (χ0n) is 16.8. The Morgan fingerprint density at radius 2 is 1.87 bits per heavy atom. The maximum Gasteiger partial charge on any atom is 0.128 e. The summed E-state index contributed by atoms with van der Waals surface area (Å²) in [4.78, 5) is 9.11. The van der Waals surface area contributed by atoms with Gasteiger partial charge in [-0.1, -0.05) is 35.3 Å². The van der Waals surface area contributed by atoms with Crippen LogP contribution in [0.15, 0.2) is 48.8 Å². The van der Waals surface area contributed by atoms with Crippen LogP contribution in [0.1, 0.15) is 30.7 Å². The summed E-state index contributed by atoms with van der Waals surface area (Å²) in [6.45, 7) is 4.05. The molecular weight excluding hydrogens is 417 g/mol. The third-order valence-corrected chi connectivity index (χ3v) is 7.04. The minimum Gasteiger partial charge on any atom is -0.493 e. The third kappa shape index (κ3) is 3.80. The first-order valence-corrected chi connectivity index (χ1v) is 11.3. The maximum atomic E-state index is 6.36. The number of halogens is 2. The Morgan fingerprint density at radius 3 is 2.73 bits per heavy atom. The molecule has 4 aromatic rings. The van der Waals surface area contributed by atoms with Gasteiger partial charge >= 0.3 is 0 Å². The molecule has 3 heterocycles. The summed E-state index contributed by atoms with van der Waals surface area (Å²) in [5, 5.41) is 3.57. The second kappa shape index (κ2) is 8.54. The summed E-state index contributed by atoms with van der Waals surface area (Å²) in [5.41, 5.74) is 3.44. The van der Waals surface area contributed by atoms with Crippen molar-refractivity contribution in [3.63, 3.8) is 0 Å². The van der Waals surface area contributed by atoms with E-state index in [1.54, 1.807) is 0 Å². The highest BCUT2D eigenvalue weighted by Gasteiger charge is 2.23. The van der Waals surface area contributed by atoms with Gasteiger partial charge in [0.25, 0.3) is 0 Å². The number of likely N-dealkylation sites (tertiary alicyclic amines) is 1. The number of nitrogens with one attached hydrogen (secondary N) is 2. The number of aromatic nitrogens is 2. The molecule has 1 saturated heterocycles. The standard InChI is InChI=1S/C24H25Cl2N3O/c25-20-6-5-17-19(15-28-24(17)23(20)26)16-8-12-29(13-9-16)11-2-14-30-22-4-1-3-21-18(22)7-10-27-21/h1,3-7,10,15-16,27-28H,2,8-9,11-14H2. The molecule has 0 atom stereocenters. The van der Waals surface area contributed by atoms with Crippen LogP contribution in [0, 0.1) is 0 Å². The molecule has 0 amide bonds. The van der Waals surface area contributed by atoms with Gasteiger partial charge in [-0.2, -0.15) is 0 Å². The van der Waals surface area contributed by atoms with Crippen LogP contribution in [0.2, 0.25) is 10.0 Å². The van der Waals surface area contributed by atoms with E-state index in [1.807, 2.05) is 24.4 Å². The topological polar surface area (TPSA) is 44.0 Å². The number of hydrogen-bond donors (Lipinski definition) is 2. The Balaban J connectivity index is 1.13. The molecule has 0 radical (unpaired) electrons. The molecule has 6 heteroatoms. The Morgan fingerprint density at radius 1 is 1.00 bits per heavy atom. The molecule has 2 aromatic carbocycles. The van der Waals surface area contributed by atoms with E-state index in [-0.39, 0.29) is 0 Å². The lowest BCUT2D eigenvalue weighted by Gasteiger charge is -2.32. The fraction of sp³-hybridized carbons (Fsp3) is 0.333. The summed E-state index contributed by atoms with van der Waals surface area (Å²) < 4.78 is 6.04. The Kier molecular flexibility index (Phi) is 5.64. The monoisotopic (exact) mass is 441 g/mol. The SMILES string of the molecule is Clc1ccc2c(C3CCN(CCCOc4cccc5[nH]ccc45)CC3)c[nH]c2c1Cl. The van der Waals surface area contributed by atoms with E-state index >= 15 is 0 Å². The molecular formula is C24H25Cl2N3O. The van der Waals surface area contributed by atoms with Gasteiger partial charge in [0.05, 0.1) is 22.2 Å². The zero-order chi connectivity index (χ0) is 20.5. The van der Waals surface area contributed by atoms with E-state index in [1.165, 1.54) is 10.9 Å². The lowest BCUT2D eigenvalue weighted by Crippen LogP contribution is -2.34. The molecule has 1 fully saturated rings. The molecule has 2 aromatic heterocycles. The van der Waals surface area contributed by atoms with Crippen LogP contribution >= 0.6 is 23.2 Å². The number of piperidine rings is 1. The van der Waals surface area contributed by atoms with Crippen molar-refractivity contribution < 1.29 is 4.74 Å². The second-order valence-corrected chi connectivity index (χ2v) is 8.83. The number of aromatic amines is 2. The molecule has 0 spiro atoms. The minimum absolute atomic E-state index is 0.565. The fourth-order valence-electron chi connectivity index (χ4n) is 4.62. The summed E-state index contributed by atoms with van der Waals surface area (Å²) in [6, 6.07) is 12.2. The van der Waals surface area contributed by atoms with Crippen molar-refractivity contribution in [2.75, 3.05) is 26.2 Å². The highest BCUT2D eigenvalue weighted by molar-refractivity contribution is 6.45. The normalized spacial score (nSPS) is 15.9.